The molecule has 1 N–H and O–H groups in total. The largest absolute Gasteiger partial charge is 0.475 e. The van der Waals surface area contributed by atoms with Crippen molar-refractivity contribution in [3.8, 4) is 17.1 Å². The normalized spacial score (nSPS) is 19.2. The molecule has 4 bridgehead atoms. The molecule has 1 aliphatic heterocycles. The van der Waals surface area contributed by atoms with Gasteiger partial charge >= 0.3 is 0 Å². The zero-order valence-corrected chi connectivity index (χ0v) is 24.9. The van der Waals surface area contributed by atoms with Crippen molar-refractivity contribution >= 4 is 27.7 Å². The number of nitrogens with zero attached hydrogens (tertiary/aromatic N) is 3. The fourth-order valence-electron chi connectivity index (χ4n) is 5.57. The summed E-state index contributed by atoms with van der Waals surface area (Å²) in [4.78, 5) is 36.5. The summed E-state index contributed by atoms with van der Waals surface area (Å²) in [7, 11) is -4.13. The molecule has 1 aliphatic carbocycles. The number of carbonyl (C=O) groups excluding carboxylic acids is 2. The minimum absolute atomic E-state index is 0. The molecule has 0 saturated heterocycles. The molecule has 1 atom stereocenters. The zero-order valence-electron chi connectivity index (χ0n) is 24.1. The van der Waals surface area contributed by atoms with Crippen LogP contribution in [0.25, 0.3) is 11.3 Å². The molecule has 1 saturated carbocycles. The number of ether oxygens (including phenoxy) is 1. The second-order valence-corrected chi connectivity index (χ2v) is 14.0. The monoisotopic (exact) mass is 578 g/mol. The van der Waals surface area contributed by atoms with Crippen molar-refractivity contribution in [1.29, 1.82) is 0 Å². The number of amides is 1. The summed E-state index contributed by atoms with van der Waals surface area (Å²) in [5.41, 5.74) is 3.45. The van der Waals surface area contributed by atoms with Crippen LogP contribution in [0.2, 0.25) is 0 Å². The molecule has 10 heteroatoms. The first-order chi connectivity index (χ1) is 19.3. The smallest absolute Gasteiger partial charge is 0.264 e. The van der Waals surface area contributed by atoms with E-state index >= 15 is 0 Å². The van der Waals surface area contributed by atoms with E-state index in [2.05, 4.69) is 35.5 Å². The standard InChI is InChI=1S/C31H36N4O5S.H2/c1-19-8-6-9-20(2)28(19)26-15-27-33-30(32-26)34-41(38,39)25-11-7-10-22(14-25)29(37)35(17-21-12-24(36)13-21)23(18-40-27)16-31(3,4)5;/h6-11,14-15,21,23H,12-13,16-18H2,1-5H3,(H,32,33,34);1H/t23-;/m1./s1. The van der Waals surface area contributed by atoms with Gasteiger partial charge in [-0.1, -0.05) is 45.0 Å². The summed E-state index contributed by atoms with van der Waals surface area (Å²) in [6.07, 6.45) is 1.48. The molecule has 3 aromatic rings. The molecule has 1 fully saturated rings. The second kappa shape index (κ2) is 10.9. The molecule has 2 aromatic carbocycles. The number of sulfonamides is 1. The number of benzene rings is 2. The first kappa shape index (κ1) is 28.7. The highest BCUT2D eigenvalue weighted by atomic mass is 32.2. The Hall–Kier alpha value is -3.79. The number of carbonyl (C=O) groups is 2. The molecule has 5 rings (SSSR count). The number of Topliss-reactive ketones (excluding diaryl/α,β-unsaturated/α-hetero) is 1. The van der Waals surface area contributed by atoms with E-state index in [1.54, 1.807) is 23.1 Å². The Morgan fingerprint density at radius 3 is 2.37 bits per heavy atom. The van der Waals surface area contributed by atoms with E-state index < -0.39 is 10.0 Å². The lowest BCUT2D eigenvalue weighted by molar-refractivity contribution is -0.127. The Morgan fingerprint density at radius 1 is 1.02 bits per heavy atom. The number of ketones is 1. The topological polar surface area (TPSA) is 119 Å². The van der Waals surface area contributed by atoms with Crippen molar-refractivity contribution in [1.82, 2.24) is 14.9 Å². The number of rotatable bonds is 4. The van der Waals surface area contributed by atoms with Gasteiger partial charge in [-0.05, 0) is 60.9 Å². The quantitative estimate of drug-likeness (QED) is 0.439. The summed E-state index contributed by atoms with van der Waals surface area (Å²) < 4.78 is 35.7. The average Bonchev–Trinajstić information content (AvgIpc) is 2.87. The summed E-state index contributed by atoms with van der Waals surface area (Å²) in [5.74, 6) is 0.0235. The molecule has 1 amide bonds. The van der Waals surface area contributed by atoms with Crippen molar-refractivity contribution in [2.75, 3.05) is 17.9 Å². The lowest BCUT2D eigenvalue weighted by Crippen LogP contribution is -2.49. The predicted octanol–water partition coefficient (Wildman–Crippen LogP) is 5.43. The zero-order chi connectivity index (χ0) is 29.5. The highest BCUT2D eigenvalue weighted by Gasteiger charge is 2.36. The Balaban J connectivity index is 0.00000405. The third-order valence-corrected chi connectivity index (χ3v) is 8.84. The van der Waals surface area contributed by atoms with Crippen LogP contribution in [-0.4, -0.2) is 54.2 Å². The summed E-state index contributed by atoms with van der Waals surface area (Å²) in [6.45, 7) is 10.8. The van der Waals surface area contributed by atoms with Gasteiger partial charge in [0.2, 0.25) is 11.8 Å². The SMILES string of the molecule is Cc1cccc(C)c1-c1cc2nc(n1)NS(=O)(=O)c1cccc(c1)C(=O)N(CC1CC(=O)C1)[C@H](CC(C)(C)C)CO2.[HH]. The van der Waals surface area contributed by atoms with Gasteiger partial charge in [0, 0.05) is 38.0 Å². The van der Waals surface area contributed by atoms with E-state index in [9.17, 15) is 18.0 Å². The van der Waals surface area contributed by atoms with Gasteiger partial charge in [-0.2, -0.15) is 4.98 Å². The highest BCUT2D eigenvalue weighted by molar-refractivity contribution is 7.92. The van der Waals surface area contributed by atoms with Crippen LogP contribution in [0.15, 0.2) is 53.4 Å². The number of nitrogens with one attached hydrogen (secondary N) is 1. The fraction of sp³-hybridized carbons (Fsp3) is 0.419. The van der Waals surface area contributed by atoms with E-state index in [1.807, 2.05) is 32.0 Å². The van der Waals surface area contributed by atoms with Gasteiger partial charge in [0.25, 0.3) is 15.9 Å². The Morgan fingerprint density at radius 2 is 1.71 bits per heavy atom. The number of anilines is 1. The summed E-state index contributed by atoms with van der Waals surface area (Å²) >= 11 is 0. The minimum atomic E-state index is -4.13. The molecule has 0 unspecified atom stereocenters. The Labute approximate surface area is 242 Å². The van der Waals surface area contributed by atoms with Crippen LogP contribution in [-0.2, 0) is 14.8 Å². The molecule has 0 radical (unpaired) electrons. The molecule has 41 heavy (non-hydrogen) atoms. The lowest BCUT2D eigenvalue weighted by Gasteiger charge is -2.39. The lowest BCUT2D eigenvalue weighted by atomic mass is 9.82. The summed E-state index contributed by atoms with van der Waals surface area (Å²) in [5, 5.41) is 0. The Kier molecular flexibility index (Phi) is 7.63. The van der Waals surface area contributed by atoms with Crippen LogP contribution in [0.4, 0.5) is 5.95 Å². The highest BCUT2D eigenvalue weighted by Crippen LogP contribution is 2.33. The average molecular weight is 579 g/mol. The van der Waals surface area contributed by atoms with E-state index in [-0.39, 0.29) is 59.4 Å². The van der Waals surface area contributed by atoms with Crippen molar-refractivity contribution < 1.29 is 24.2 Å². The molecular weight excluding hydrogens is 540 g/mol. The van der Waals surface area contributed by atoms with Crippen LogP contribution < -0.4 is 9.46 Å². The minimum Gasteiger partial charge on any atom is -0.475 e. The molecule has 218 valence electrons. The molecule has 9 nitrogen and oxygen atoms in total. The van der Waals surface area contributed by atoms with Crippen LogP contribution in [0, 0.1) is 25.2 Å². The first-order valence-electron chi connectivity index (χ1n) is 13.8. The van der Waals surface area contributed by atoms with Gasteiger partial charge in [0.05, 0.1) is 16.6 Å². The van der Waals surface area contributed by atoms with E-state index in [1.165, 1.54) is 12.1 Å². The van der Waals surface area contributed by atoms with Crippen molar-refractivity contribution in [3.05, 3.63) is 65.2 Å². The van der Waals surface area contributed by atoms with Gasteiger partial charge in [-0.3, -0.25) is 9.59 Å². The summed E-state index contributed by atoms with van der Waals surface area (Å²) in [6, 6.07) is 13.2. The predicted molar refractivity (Wildman–Crippen MR) is 158 cm³/mol. The molecule has 0 spiro atoms. The van der Waals surface area contributed by atoms with Gasteiger partial charge in [0.15, 0.2) is 0 Å². The third-order valence-electron chi connectivity index (χ3n) is 7.52. The molecule has 2 heterocycles. The first-order valence-corrected chi connectivity index (χ1v) is 15.3. The number of hydrogen-bond acceptors (Lipinski definition) is 7. The van der Waals surface area contributed by atoms with Crippen LogP contribution in [0.5, 0.6) is 5.88 Å². The second-order valence-electron chi connectivity index (χ2n) is 12.3. The molecule has 1 aromatic heterocycles. The maximum absolute atomic E-state index is 14.0. The number of aryl methyl sites for hydroxylation is 2. The van der Waals surface area contributed by atoms with Gasteiger partial charge in [-0.15, -0.1) is 0 Å². The molecule has 2 aliphatic rings. The van der Waals surface area contributed by atoms with E-state index in [4.69, 9.17) is 4.74 Å². The number of fused-ring (bicyclic) bond motifs is 4. The number of hydrogen-bond donors (Lipinski definition) is 1. The maximum Gasteiger partial charge on any atom is 0.264 e. The van der Waals surface area contributed by atoms with Crippen LogP contribution >= 0.6 is 0 Å². The maximum atomic E-state index is 14.0. The Bertz CT molecular complexity index is 1590. The van der Waals surface area contributed by atoms with Crippen molar-refractivity contribution in [2.24, 2.45) is 11.3 Å². The van der Waals surface area contributed by atoms with E-state index in [0.717, 1.165) is 16.7 Å². The fourth-order valence-corrected chi connectivity index (χ4v) is 6.56. The van der Waals surface area contributed by atoms with Gasteiger partial charge < -0.3 is 9.64 Å². The van der Waals surface area contributed by atoms with Gasteiger partial charge in [0.1, 0.15) is 12.4 Å². The third kappa shape index (κ3) is 6.43. The van der Waals surface area contributed by atoms with E-state index in [0.29, 0.717) is 31.5 Å². The number of aromatic nitrogens is 2. The van der Waals surface area contributed by atoms with Gasteiger partial charge in [-0.25, -0.2) is 18.1 Å². The van der Waals surface area contributed by atoms with Crippen molar-refractivity contribution in [3.63, 3.8) is 0 Å². The van der Waals surface area contributed by atoms with Crippen LogP contribution in [0.3, 0.4) is 0 Å². The molecular formula is C31H38N4O5S. The van der Waals surface area contributed by atoms with Crippen molar-refractivity contribution in [2.45, 2.75) is 64.8 Å². The van der Waals surface area contributed by atoms with Crippen LogP contribution in [0.1, 0.15) is 62.9 Å².